The van der Waals surface area contributed by atoms with Gasteiger partial charge in [0.1, 0.15) is 0 Å². The van der Waals surface area contributed by atoms with Crippen molar-refractivity contribution < 1.29 is 18.3 Å². The molecule has 27 heavy (non-hydrogen) atoms. The summed E-state index contributed by atoms with van der Waals surface area (Å²) in [5, 5.41) is 13.3. The van der Waals surface area contributed by atoms with E-state index in [1.54, 1.807) is 0 Å². The number of rotatable bonds is 6. The summed E-state index contributed by atoms with van der Waals surface area (Å²) in [5.74, 6) is -0.334. The number of fused-ring (bicyclic) bond motifs is 1. The minimum Gasteiger partial charge on any atom is -0.387 e. The SMILES string of the molecule is O=C(CC(O)C=S(=O)=O)N[C@@H]1CCCc2cc(CN3CCCCC3)ccc21. The van der Waals surface area contributed by atoms with Crippen LogP contribution in [0.15, 0.2) is 18.2 Å². The lowest BCUT2D eigenvalue weighted by Gasteiger charge is -2.29. The Hall–Kier alpha value is -1.70. The van der Waals surface area contributed by atoms with Crippen LogP contribution < -0.4 is 5.32 Å². The van der Waals surface area contributed by atoms with Gasteiger partial charge in [0, 0.05) is 6.54 Å². The first kappa shape index (κ1) is 20.0. The Bertz CT molecular complexity index is 792. The summed E-state index contributed by atoms with van der Waals surface area (Å²) in [7, 11) is -2.47. The van der Waals surface area contributed by atoms with Gasteiger partial charge in [-0.2, -0.15) is 8.42 Å². The molecule has 0 spiro atoms. The first-order valence-electron chi connectivity index (χ1n) is 9.76. The van der Waals surface area contributed by atoms with Gasteiger partial charge in [-0.1, -0.05) is 24.6 Å². The van der Waals surface area contributed by atoms with Gasteiger partial charge in [-0.25, -0.2) is 0 Å². The highest BCUT2D eigenvalue weighted by atomic mass is 32.2. The first-order valence-corrected chi connectivity index (χ1v) is 10.9. The summed E-state index contributed by atoms with van der Waals surface area (Å²) in [6.45, 7) is 3.32. The van der Waals surface area contributed by atoms with Crippen LogP contribution in [-0.2, 0) is 28.1 Å². The highest BCUT2D eigenvalue weighted by Crippen LogP contribution is 2.31. The summed E-state index contributed by atoms with van der Waals surface area (Å²) < 4.78 is 21.1. The van der Waals surface area contributed by atoms with Crippen LogP contribution in [-0.4, -0.2) is 48.9 Å². The van der Waals surface area contributed by atoms with Crippen molar-refractivity contribution in [1.82, 2.24) is 10.2 Å². The van der Waals surface area contributed by atoms with E-state index in [9.17, 15) is 18.3 Å². The number of piperidine rings is 1. The van der Waals surface area contributed by atoms with Crippen molar-refractivity contribution in [1.29, 1.82) is 0 Å². The maximum absolute atomic E-state index is 12.1. The topological polar surface area (TPSA) is 86.7 Å². The van der Waals surface area contributed by atoms with E-state index < -0.39 is 16.4 Å². The van der Waals surface area contributed by atoms with E-state index in [2.05, 4.69) is 28.4 Å². The van der Waals surface area contributed by atoms with Crippen molar-refractivity contribution in [3.05, 3.63) is 34.9 Å². The van der Waals surface area contributed by atoms with E-state index >= 15 is 0 Å². The molecule has 1 heterocycles. The Kier molecular flexibility index (Phi) is 7.04. The summed E-state index contributed by atoms with van der Waals surface area (Å²) in [4.78, 5) is 14.6. The molecule has 1 unspecified atom stereocenters. The number of hydrogen-bond acceptors (Lipinski definition) is 5. The zero-order valence-corrected chi connectivity index (χ0v) is 16.4. The molecule has 1 saturated heterocycles. The smallest absolute Gasteiger partial charge is 0.223 e. The molecule has 0 saturated carbocycles. The number of nitrogens with one attached hydrogen (secondary N) is 1. The molecule has 1 aliphatic heterocycles. The predicted octanol–water partition coefficient (Wildman–Crippen LogP) is 1.60. The van der Waals surface area contributed by atoms with Gasteiger partial charge in [0.15, 0.2) is 0 Å². The quantitative estimate of drug-likeness (QED) is 0.718. The van der Waals surface area contributed by atoms with Crippen molar-refractivity contribution in [3.8, 4) is 0 Å². The van der Waals surface area contributed by atoms with Crippen LogP contribution in [0.5, 0.6) is 0 Å². The van der Waals surface area contributed by atoms with E-state index in [4.69, 9.17) is 0 Å². The summed E-state index contributed by atoms with van der Waals surface area (Å²) >= 11 is 0. The van der Waals surface area contributed by atoms with Crippen molar-refractivity contribution in [2.24, 2.45) is 0 Å². The van der Waals surface area contributed by atoms with E-state index in [-0.39, 0.29) is 18.4 Å². The zero-order chi connectivity index (χ0) is 19.2. The number of aryl methyl sites for hydroxylation is 1. The molecule has 6 nitrogen and oxygen atoms in total. The van der Waals surface area contributed by atoms with Gasteiger partial charge in [-0.05, 0) is 61.9 Å². The number of nitrogens with zero attached hydrogens (tertiary/aromatic N) is 1. The number of aliphatic hydroxyl groups is 1. The lowest BCUT2D eigenvalue weighted by Crippen LogP contribution is -2.33. The number of carbonyl (C=O) groups is 1. The summed E-state index contributed by atoms with van der Waals surface area (Å²) in [5.41, 5.74) is 3.75. The number of amides is 1. The zero-order valence-electron chi connectivity index (χ0n) is 15.6. The number of benzene rings is 1. The molecule has 1 fully saturated rings. The fraction of sp³-hybridized carbons (Fsp3) is 0.600. The standard InChI is InChI=1S/C20H28N2O4S/c23-17(14-27(25)26)12-20(24)21-19-6-4-5-16-11-15(7-8-18(16)19)13-22-9-2-1-3-10-22/h7-8,11,14,17,19,23H,1-6,9-10,12-13H2,(H,21,24)/t17?,19-/m1/s1. The van der Waals surface area contributed by atoms with Crippen molar-refractivity contribution in [2.45, 2.75) is 63.6 Å². The van der Waals surface area contributed by atoms with E-state index in [0.717, 1.165) is 36.7 Å². The minimum absolute atomic E-state index is 0.0739. The molecular formula is C20H28N2O4S. The maximum Gasteiger partial charge on any atom is 0.223 e. The third-order valence-electron chi connectivity index (χ3n) is 5.37. The number of carbonyl (C=O) groups excluding carboxylic acids is 1. The molecule has 1 amide bonds. The maximum atomic E-state index is 12.1. The molecule has 0 radical (unpaired) electrons. The molecular weight excluding hydrogens is 364 g/mol. The Morgan fingerprint density at radius 3 is 2.78 bits per heavy atom. The van der Waals surface area contributed by atoms with Crippen molar-refractivity contribution in [2.75, 3.05) is 13.1 Å². The highest BCUT2D eigenvalue weighted by Gasteiger charge is 2.23. The Balaban J connectivity index is 1.63. The fourth-order valence-electron chi connectivity index (χ4n) is 4.11. The van der Waals surface area contributed by atoms with Gasteiger partial charge in [-0.15, -0.1) is 0 Å². The third kappa shape index (κ3) is 5.89. The molecule has 3 rings (SSSR count). The largest absolute Gasteiger partial charge is 0.387 e. The Morgan fingerprint density at radius 2 is 2.04 bits per heavy atom. The van der Waals surface area contributed by atoms with Gasteiger partial charge in [0.2, 0.25) is 16.2 Å². The van der Waals surface area contributed by atoms with E-state index in [1.165, 1.54) is 43.5 Å². The third-order valence-corrected chi connectivity index (χ3v) is 5.91. The monoisotopic (exact) mass is 392 g/mol. The Morgan fingerprint density at radius 1 is 1.26 bits per heavy atom. The second-order valence-corrected chi connectivity index (χ2v) is 8.34. The van der Waals surface area contributed by atoms with Crippen LogP contribution in [0.1, 0.15) is 61.3 Å². The number of aliphatic hydroxyl groups excluding tert-OH is 1. The van der Waals surface area contributed by atoms with Crippen molar-refractivity contribution in [3.63, 3.8) is 0 Å². The van der Waals surface area contributed by atoms with Crippen LogP contribution in [0.4, 0.5) is 0 Å². The summed E-state index contributed by atoms with van der Waals surface area (Å²) in [6.07, 6.45) is 5.25. The molecule has 1 aliphatic carbocycles. The lowest BCUT2D eigenvalue weighted by molar-refractivity contribution is -0.123. The molecule has 1 aromatic rings. The van der Waals surface area contributed by atoms with E-state index in [1.807, 2.05) is 0 Å². The van der Waals surface area contributed by atoms with Gasteiger partial charge < -0.3 is 10.4 Å². The summed E-state index contributed by atoms with van der Waals surface area (Å²) in [6, 6.07) is 6.47. The highest BCUT2D eigenvalue weighted by molar-refractivity contribution is 7.71. The number of hydrogen-bond donors (Lipinski definition) is 2. The average Bonchev–Trinajstić information content (AvgIpc) is 2.61. The van der Waals surface area contributed by atoms with Gasteiger partial charge >= 0.3 is 0 Å². The van der Waals surface area contributed by atoms with Crippen LogP contribution in [0.3, 0.4) is 0 Å². The minimum atomic E-state index is -2.47. The molecule has 2 atom stereocenters. The Labute approximate surface area is 162 Å². The molecule has 1 aromatic carbocycles. The van der Waals surface area contributed by atoms with Crippen LogP contribution in [0.25, 0.3) is 0 Å². The molecule has 148 valence electrons. The predicted molar refractivity (Wildman–Crippen MR) is 105 cm³/mol. The molecule has 2 N–H and O–H groups in total. The molecule has 0 aromatic heterocycles. The second-order valence-electron chi connectivity index (χ2n) is 7.55. The van der Waals surface area contributed by atoms with E-state index in [0.29, 0.717) is 0 Å². The lowest BCUT2D eigenvalue weighted by atomic mass is 9.86. The van der Waals surface area contributed by atoms with Gasteiger partial charge in [0.05, 0.1) is 23.9 Å². The molecule has 7 heteroatoms. The average molecular weight is 393 g/mol. The van der Waals surface area contributed by atoms with Gasteiger partial charge in [-0.3, -0.25) is 9.69 Å². The van der Waals surface area contributed by atoms with Crippen LogP contribution >= 0.6 is 0 Å². The second kappa shape index (κ2) is 9.48. The number of likely N-dealkylation sites (tertiary alicyclic amines) is 1. The first-order chi connectivity index (χ1) is 13.0. The van der Waals surface area contributed by atoms with Crippen molar-refractivity contribution >= 4 is 21.6 Å². The normalized spacial score (nSPS) is 21.1. The van der Waals surface area contributed by atoms with Gasteiger partial charge in [0.25, 0.3) is 0 Å². The van der Waals surface area contributed by atoms with Crippen LogP contribution in [0, 0.1) is 0 Å². The molecule has 0 bridgehead atoms. The fourth-order valence-corrected chi connectivity index (χ4v) is 4.46. The molecule has 2 aliphatic rings. The van der Waals surface area contributed by atoms with Crippen LogP contribution in [0.2, 0.25) is 0 Å².